The summed E-state index contributed by atoms with van der Waals surface area (Å²) < 4.78 is 0. The minimum Gasteiger partial charge on any atom is -0.258 e. The van der Waals surface area contributed by atoms with Crippen LogP contribution in [0.25, 0.3) is 0 Å². The molecule has 1 unspecified atom stereocenters. The molecule has 1 atom stereocenters. The third-order valence-corrected chi connectivity index (χ3v) is 3.27. The Hall–Kier alpha value is -0.820. The van der Waals surface area contributed by atoms with E-state index in [1.165, 1.54) is 5.56 Å². The average molecular weight is 222 g/mol. The maximum Gasteiger partial charge on any atom is 0.0378 e. The van der Waals surface area contributed by atoms with Crippen LogP contribution in [0.3, 0.4) is 0 Å². The van der Waals surface area contributed by atoms with Crippen molar-refractivity contribution >= 4 is 11.6 Å². The molecule has 0 spiro atoms. The van der Waals surface area contributed by atoms with E-state index in [9.17, 15) is 0 Å². The molecule has 0 saturated carbocycles. The number of aryl methyl sites for hydroxylation is 2. The second-order valence-corrected chi connectivity index (χ2v) is 4.79. The number of hydrogen-bond donors (Lipinski definition) is 0. The molecule has 0 aromatic carbocycles. The number of hydrogen-bond acceptors (Lipinski definition) is 1. The molecule has 0 bridgehead atoms. The molecule has 2 heteroatoms. The van der Waals surface area contributed by atoms with Gasteiger partial charge < -0.3 is 0 Å². The summed E-state index contributed by atoms with van der Waals surface area (Å²) in [5.74, 6) is 0.632. The van der Waals surface area contributed by atoms with Gasteiger partial charge in [0.15, 0.2) is 0 Å². The van der Waals surface area contributed by atoms with Crippen molar-refractivity contribution in [3.8, 4) is 0 Å². The number of allylic oxidation sites excluding steroid dienone is 2. The summed E-state index contributed by atoms with van der Waals surface area (Å²) in [6, 6.07) is 4.40. The zero-order valence-corrected chi connectivity index (χ0v) is 10.0. The normalized spacial score (nSPS) is 21.3. The van der Waals surface area contributed by atoms with Crippen LogP contribution in [-0.4, -0.2) is 4.98 Å². The number of pyridine rings is 1. The summed E-state index contributed by atoms with van der Waals surface area (Å²) in [6.07, 6.45) is 5.41. The van der Waals surface area contributed by atoms with Crippen molar-refractivity contribution < 1.29 is 0 Å². The Kier molecular flexibility index (Phi) is 3.11. The van der Waals surface area contributed by atoms with E-state index in [4.69, 9.17) is 11.6 Å². The molecule has 1 aromatic heterocycles. The maximum atomic E-state index is 5.98. The van der Waals surface area contributed by atoms with E-state index < -0.39 is 0 Å². The van der Waals surface area contributed by atoms with Gasteiger partial charge in [0, 0.05) is 16.4 Å². The van der Waals surface area contributed by atoms with Gasteiger partial charge in [-0.1, -0.05) is 17.7 Å². The predicted octanol–water partition coefficient (Wildman–Crippen LogP) is 4.09. The molecular weight excluding hydrogens is 206 g/mol. The van der Waals surface area contributed by atoms with Crippen molar-refractivity contribution in [2.75, 3.05) is 0 Å². The fourth-order valence-electron chi connectivity index (χ4n) is 2.21. The molecule has 1 heterocycles. The summed E-state index contributed by atoms with van der Waals surface area (Å²) in [6.45, 7) is 4.12. The topological polar surface area (TPSA) is 12.9 Å². The van der Waals surface area contributed by atoms with Gasteiger partial charge in [-0.3, -0.25) is 4.98 Å². The number of nitrogens with zero attached hydrogens (tertiary/aromatic N) is 1. The van der Waals surface area contributed by atoms with Gasteiger partial charge in [-0.2, -0.15) is 0 Å². The lowest BCUT2D eigenvalue weighted by Gasteiger charge is -2.20. The third-order valence-electron chi connectivity index (χ3n) is 2.93. The highest BCUT2D eigenvalue weighted by Crippen LogP contribution is 2.33. The van der Waals surface area contributed by atoms with Crippen LogP contribution in [0.15, 0.2) is 23.2 Å². The van der Waals surface area contributed by atoms with E-state index in [1.807, 2.05) is 0 Å². The largest absolute Gasteiger partial charge is 0.258 e. The maximum absolute atomic E-state index is 5.98. The van der Waals surface area contributed by atoms with Crippen LogP contribution in [0, 0.1) is 13.8 Å². The van der Waals surface area contributed by atoms with E-state index in [0.29, 0.717) is 5.92 Å². The van der Waals surface area contributed by atoms with Crippen molar-refractivity contribution in [3.63, 3.8) is 0 Å². The zero-order valence-electron chi connectivity index (χ0n) is 9.26. The van der Waals surface area contributed by atoms with E-state index in [-0.39, 0.29) is 0 Å². The highest BCUT2D eigenvalue weighted by Gasteiger charge is 2.15. The molecule has 1 aromatic rings. The molecule has 15 heavy (non-hydrogen) atoms. The Labute approximate surface area is 96.2 Å². The summed E-state index contributed by atoms with van der Waals surface area (Å²) in [7, 11) is 0. The second-order valence-electron chi connectivity index (χ2n) is 4.31. The molecule has 0 saturated heterocycles. The van der Waals surface area contributed by atoms with Crippen molar-refractivity contribution in [2.24, 2.45) is 0 Å². The first-order valence-electron chi connectivity index (χ1n) is 5.45. The molecule has 0 fully saturated rings. The first-order chi connectivity index (χ1) is 7.15. The summed E-state index contributed by atoms with van der Waals surface area (Å²) in [5.41, 5.74) is 3.65. The van der Waals surface area contributed by atoms with Gasteiger partial charge in [0.05, 0.1) is 0 Å². The molecule has 0 amide bonds. The molecule has 0 aliphatic heterocycles. The van der Waals surface area contributed by atoms with Crippen LogP contribution in [0.4, 0.5) is 0 Å². The molecule has 1 aliphatic rings. The van der Waals surface area contributed by atoms with Crippen molar-refractivity contribution in [3.05, 3.63) is 40.2 Å². The van der Waals surface area contributed by atoms with Crippen LogP contribution in [-0.2, 0) is 0 Å². The fourth-order valence-corrected chi connectivity index (χ4v) is 2.41. The highest BCUT2D eigenvalue weighted by molar-refractivity contribution is 6.29. The van der Waals surface area contributed by atoms with E-state index in [0.717, 1.165) is 35.7 Å². The van der Waals surface area contributed by atoms with Crippen molar-refractivity contribution in [1.29, 1.82) is 0 Å². The van der Waals surface area contributed by atoms with Crippen LogP contribution in [0.1, 0.15) is 42.1 Å². The van der Waals surface area contributed by atoms with Crippen molar-refractivity contribution in [2.45, 2.75) is 39.0 Å². The Balaban J connectivity index is 2.23. The third kappa shape index (κ3) is 2.60. The first-order valence-corrected chi connectivity index (χ1v) is 5.82. The summed E-state index contributed by atoms with van der Waals surface area (Å²) in [4.78, 5) is 4.40. The van der Waals surface area contributed by atoms with Gasteiger partial charge in [0.25, 0.3) is 0 Å². The van der Waals surface area contributed by atoms with Crippen LogP contribution >= 0.6 is 11.6 Å². The van der Waals surface area contributed by atoms with Gasteiger partial charge in [-0.05, 0) is 56.7 Å². The second kappa shape index (κ2) is 4.36. The first kappa shape index (κ1) is 10.7. The van der Waals surface area contributed by atoms with E-state index in [2.05, 4.69) is 37.0 Å². The minimum absolute atomic E-state index is 0.632. The molecule has 1 nitrogen and oxygen atoms in total. The van der Waals surface area contributed by atoms with Gasteiger partial charge in [0.1, 0.15) is 0 Å². The van der Waals surface area contributed by atoms with Crippen LogP contribution in [0.2, 0.25) is 0 Å². The minimum atomic E-state index is 0.632. The van der Waals surface area contributed by atoms with Crippen molar-refractivity contribution in [1.82, 2.24) is 4.98 Å². The molecule has 0 N–H and O–H groups in total. The molecule has 80 valence electrons. The lowest BCUT2D eigenvalue weighted by molar-refractivity contribution is 0.609. The Bertz CT molecular complexity index is 375. The molecular formula is C13H16ClN. The SMILES string of the molecule is Cc1cc(C2CC=C(Cl)CC2)cc(C)n1. The molecule has 0 radical (unpaired) electrons. The van der Waals surface area contributed by atoms with Gasteiger partial charge in [-0.25, -0.2) is 0 Å². The molecule has 2 rings (SSSR count). The number of rotatable bonds is 1. The zero-order chi connectivity index (χ0) is 10.8. The number of aromatic nitrogens is 1. The van der Waals surface area contributed by atoms with Gasteiger partial charge in [-0.15, -0.1) is 0 Å². The average Bonchev–Trinajstić information content (AvgIpc) is 2.17. The smallest absolute Gasteiger partial charge is 0.0378 e. The monoisotopic (exact) mass is 221 g/mol. The highest BCUT2D eigenvalue weighted by atomic mass is 35.5. The lowest BCUT2D eigenvalue weighted by Crippen LogP contribution is -2.04. The predicted molar refractivity (Wildman–Crippen MR) is 64.2 cm³/mol. The summed E-state index contributed by atoms with van der Waals surface area (Å²) >= 11 is 5.98. The quantitative estimate of drug-likeness (QED) is 0.696. The Morgan fingerprint density at radius 3 is 2.47 bits per heavy atom. The lowest BCUT2D eigenvalue weighted by atomic mass is 9.87. The van der Waals surface area contributed by atoms with Gasteiger partial charge in [0.2, 0.25) is 0 Å². The Morgan fingerprint density at radius 2 is 1.93 bits per heavy atom. The fraction of sp³-hybridized carbons (Fsp3) is 0.462. The van der Waals surface area contributed by atoms with Crippen LogP contribution < -0.4 is 0 Å². The Morgan fingerprint density at radius 1 is 1.27 bits per heavy atom. The van der Waals surface area contributed by atoms with E-state index >= 15 is 0 Å². The van der Waals surface area contributed by atoms with Crippen LogP contribution in [0.5, 0.6) is 0 Å². The summed E-state index contributed by atoms with van der Waals surface area (Å²) in [5, 5.41) is 1.02. The van der Waals surface area contributed by atoms with E-state index in [1.54, 1.807) is 0 Å². The molecule has 1 aliphatic carbocycles. The van der Waals surface area contributed by atoms with Gasteiger partial charge >= 0.3 is 0 Å². The standard InChI is InChI=1S/C13H16ClN/c1-9-7-12(8-10(2)15-9)11-3-5-13(14)6-4-11/h5,7-8,11H,3-4,6H2,1-2H3. The number of halogens is 1.